The fourth-order valence-corrected chi connectivity index (χ4v) is 2.68. The van der Waals surface area contributed by atoms with E-state index in [1.165, 1.54) is 12.1 Å². The zero-order valence-corrected chi connectivity index (χ0v) is 13.8. The predicted molar refractivity (Wildman–Crippen MR) is 89.1 cm³/mol. The van der Waals surface area contributed by atoms with Crippen molar-refractivity contribution >= 4 is 5.91 Å². The van der Waals surface area contributed by atoms with Gasteiger partial charge in [-0.3, -0.25) is 4.79 Å². The Hall–Kier alpha value is -2.34. The molecule has 0 aliphatic carbocycles. The Morgan fingerprint density at radius 1 is 1.16 bits per heavy atom. The van der Waals surface area contributed by atoms with Gasteiger partial charge in [-0.25, -0.2) is 0 Å². The normalized spacial score (nSPS) is 12.8. The predicted octanol–water partition coefficient (Wildman–Crippen LogP) is 4.51. The number of hydrogen-bond acceptors (Lipinski definition) is 2. The lowest BCUT2D eigenvalue weighted by molar-refractivity contribution is -0.137. The van der Waals surface area contributed by atoms with Crippen LogP contribution in [-0.4, -0.2) is 13.0 Å². The molecule has 0 radical (unpaired) electrons. The van der Waals surface area contributed by atoms with Crippen molar-refractivity contribution in [3.8, 4) is 0 Å². The minimum absolute atomic E-state index is 0.187. The lowest BCUT2D eigenvalue weighted by Gasteiger charge is -2.16. The fraction of sp³-hybridized carbons (Fsp3) is 0.316. The Kier molecular flexibility index (Phi) is 6.20. The molecule has 0 fully saturated rings. The van der Waals surface area contributed by atoms with Crippen LogP contribution in [0.25, 0.3) is 0 Å². The molecule has 0 aliphatic rings. The molecule has 0 bridgehead atoms. The van der Waals surface area contributed by atoms with Crippen LogP contribution in [0.2, 0.25) is 0 Å². The lowest BCUT2D eigenvalue weighted by atomic mass is 9.99. The Morgan fingerprint density at radius 3 is 2.40 bits per heavy atom. The maximum atomic E-state index is 12.7. The van der Waals surface area contributed by atoms with E-state index in [1.54, 1.807) is 37.4 Å². The SMILES string of the molecule is COC(CCCc1cccc(C(F)(F)F)c1)c1ccc(C(N)=O)cc1. The van der Waals surface area contributed by atoms with Crippen molar-refractivity contribution < 1.29 is 22.7 Å². The summed E-state index contributed by atoms with van der Waals surface area (Å²) in [7, 11) is 1.58. The smallest absolute Gasteiger partial charge is 0.377 e. The maximum absolute atomic E-state index is 12.7. The number of carbonyl (C=O) groups is 1. The Balaban J connectivity index is 1.96. The first-order valence-electron chi connectivity index (χ1n) is 7.90. The molecule has 25 heavy (non-hydrogen) atoms. The first-order chi connectivity index (χ1) is 11.8. The number of aryl methyl sites for hydroxylation is 1. The summed E-state index contributed by atoms with van der Waals surface area (Å²) in [6.45, 7) is 0. The summed E-state index contributed by atoms with van der Waals surface area (Å²) in [6, 6.07) is 12.2. The lowest BCUT2D eigenvalue weighted by Crippen LogP contribution is -2.11. The standard InChI is InChI=1S/C19H20F3NO2/c1-25-17(14-8-10-15(11-9-14)18(23)24)7-3-5-13-4-2-6-16(12-13)19(20,21)22/h2,4,6,8-12,17H,3,5,7H2,1H3,(H2,23,24). The van der Waals surface area contributed by atoms with Crippen molar-refractivity contribution in [3.63, 3.8) is 0 Å². The number of carbonyl (C=O) groups excluding carboxylic acids is 1. The topological polar surface area (TPSA) is 52.3 Å². The second-order valence-electron chi connectivity index (χ2n) is 5.80. The number of halogens is 3. The van der Waals surface area contributed by atoms with Gasteiger partial charge in [-0.05, 0) is 48.6 Å². The highest BCUT2D eigenvalue weighted by molar-refractivity contribution is 5.92. The van der Waals surface area contributed by atoms with Crippen molar-refractivity contribution in [2.75, 3.05) is 7.11 Å². The van der Waals surface area contributed by atoms with Crippen molar-refractivity contribution in [2.45, 2.75) is 31.5 Å². The van der Waals surface area contributed by atoms with Gasteiger partial charge in [0.1, 0.15) is 0 Å². The number of rotatable bonds is 7. The van der Waals surface area contributed by atoms with E-state index in [-0.39, 0.29) is 6.10 Å². The molecule has 1 atom stereocenters. The number of benzene rings is 2. The Labute approximate surface area is 144 Å². The molecule has 2 aromatic carbocycles. The van der Waals surface area contributed by atoms with Crippen LogP contribution in [0.5, 0.6) is 0 Å². The third-order valence-corrected chi connectivity index (χ3v) is 4.04. The van der Waals surface area contributed by atoms with E-state index in [0.717, 1.165) is 11.6 Å². The molecule has 0 heterocycles. The average Bonchev–Trinajstić information content (AvgIpc) is 2.58. The highest BCUT2D eigenvalue weighted by Crippen LogP contribution is 2.30. The molecule has 1 amide bonds. The van der Waals surface area contributed by atoms with E-state index in [4.69, 9.17) is 10.5 Å². The van der Waals surface area contributed by atoms with Gasteiger partial charge in [0, 0.05) is 12.7 Å². The summed E-state index contributed by atoms with van der Waals surface area (Å²) in [5.41, 5.74) is 6.55. The summed E-state index contributed by atoms with van der Waals surface area (Å²) < 4.78 is 43.6. The van der Waals surface area contributed by atoms with Gasteiger partial charge in [-0.2, -0.15) is 13.2 Å². The fourth-order valence-electron chi connectivity index (χ4n) is 2.68. The minimum Gasteiger partial charge on any atom is -0.377 e. The summed E-state index contributed by atoms with van der Waals surface area (Å²) in [4.78, 5) is 11.1. The maximum Gasteiger partial charge on any atom is 0.416 e. The molecule has 2 aromatic rings. The van der Waals surface area contributed by atoms with Crippen LogP contribution in [-0.2, 0) is 17.3 Å². The number of hydrogen-bond donors (Lipinski definition) is 1. The average molecular weight is 351 g/mol. The Bertz CT molecular complexity index is 711. The quantitative estimate of drug-likeness (QED) is 0.798. The van der Waals surface area contributed by atoms with Crippen molar-refractivity contribution in [1.29, 1.82) is 0 Å². The monoisotopic (exact) mass is 351 g/mol. The summed E-state index contributed by atoms with van der Waals surface area (Å²) in [5, 5.41) is 0. The Morgan fingerprint density at radius 2 is 1.84 bits per heavy atom. The zero-order chi connectivity index (χ0) is 18.4. The number of nitrogens with two attached hydrogens (primary N) is 1. The first-order valence-corrected chi connectivity index (χ1v) is 7.90. The molecule has 2 rings (SSSR count). The molecule has 134 valence electrons. The molecule has 0 saturated carbocycles. The molecule has 6 heteroatoms. The van der Waals surface area contributed by atoms with E-state index in [2.05, 4.69) is 0 Å². The van der Waals surface area contributed by atoms with Gasteiger partial charge >= 0.3 is 6.18 Å². The van der Waals surface area contributed by atoms with Crippen molar-refractivity contribution in [3.05, 3.63) is 70.8 Å². The van der Waals surface area contributed by atoms with Gasteiger partial charge in [-0.15, -0.1) is 0 Å². The number of alkyl halides is 3. The molecule has 0 spiro atoms. The third kappa shape index (κ3) is 5.32. The molecule has 1 unspecified atom stereocenters. The number of ether oxygens (including phenoxy) is 1. The van der Waals surface area contributed by atoms with Gasteiger partial charge in [0.05, 0.1) is 11.7 Å². The molecule has 0 saturated heterocycles. The van der Waals surface area contributed by atoms with E-state index < -0.39 is 17.6 Å². The van der Waals surface area contributed by atoms with E-state index in [9.17, 15) is 18.0 Å². The van der Waals surface area contributed by atoms with Gasteiger partial charge in [0.2, 0.25) is 5.91 Å². The number of primary amides is 1. The summed E-state index contributed by atoms with van der Waals surface area (Å²) in [6.07, 6.45) is -2.65. The molecule has 3 nitrogen and oxygen atoms in total. The van der Waals surface area contributed by atoms with Crippen LogP contribution in [0.3, 0.4) is 0 Å². The largest absolute Gasteiger partial charge is 0.416 e. The molecular weight excluding hydrogens is 331 g/mol. The second-order valence-corrected chi connectivity index (χ2v) is 5.80. The minimum atomic E-state index is -4.33. The van der Waals surface area contributed by atoms with Gasteiger partial charge in [0.25, 0.3) is 0 Å². The van der Waals surface area contributed by atoms with E-state index in [1.807, 2.05) is 0 Å². The van der Waals surface area contributed by atoms with Gasteiger partial charge in [0.15, 0.2) is 0 Å². The van der Waals surface area contributed by atoms with Gasteiger partial charge in [-0.1, -0.05) is 30.3 Å². The number of amides is 1. The summed E-state index contributed by atoms with van der Waals surface area (Å²) in [5.74, 6) is -0.495. The van der Waals surface area contributed by atoms with Crippen LogP contribution in [0.4, 0.5) is 13.2 Å². The van der Waals surface area contributed by atoms with Crippen LogP contribution >= 0.6 is 0 Å². The first kappa shape index (κ1) is 19.0. The highest BCUT2D eigenvalue weighted by Gasteiger charge is 2.30. The molecule has 2 N–H and O–H groups in total. The number of methoxy groups -OCH3 is 1. The van der Waals surface area contributed by atoms with E-state index in [0.29, 0.717) is 30.4 Å². The van der Waals surface area contributed by atoms with Crippen LogP contribution in [0, 0.1) is 0 Å². The molecule has 0 aromatic heterocycles. The highest BCUT2D eigenvalue weighted by atomic mass is 19.4. The third-order valence-electron chi connectivity index (χ3n) is 4.04. The van der Waals surface area contributed by atoms with Crippen LogP contribution < -0.4 is 5.73 Å². The van der Waals surface area contributed by atoms with Crippen LogP contribution in [0.1, 0.15) is 46.0 Å². The zero-order valence-electron chi connectivity index (χ0n) is 13.8. The van der Waals surface area contributed by atoms with Crippen LogP contribution in [0.15, 0.2) is 48.5 Å². The van der Waals surface area contributed by atoms with Crippen molar-refractivity contribution in [1.82, 2.24) is 0 Å². The molecule has 0 aliphatic heterocycles. The van der Waals surface area contributed by atoms with E-state index >= 15 is 0 Å². The van der Waals surface area contributed by atoms with Crippen molar-refractivity contribution in [2.24, 2.45) is 5.73 Å². The van der Waals surface area contributed by atoms with Gasteiger partial charge < -0.3 is 10.5 Å². The summed E-state index contributed by atoms with van der Waals surface area (Å²) >= 11 is 0. The second kappa shape index (κ2) is 8.16. The molecular formula is C19H20F3NO2.